The minimum absolute atomic E-state index is 0.306. The number of ether oxygens (including phenoxy) is 1. The van der Waals surface area contributed by atoms with Gasteiger partial charge in [-0.15, -0.1) is 0 Å². The predicted molar refractivity (Wildman–Crippen MR) is 99.5 cm³/mol. The lowest BCUT2D eigenvalue weighted by Crippen LogP contribution is -2.18. The van der Waals surface area contributed by atoms with Crippen LogP contribution in [-0.2, 0) is 27.4 Å². The van der Waals surface area contributed by atoms with Crippen LogP contribution >= 0.6 is 11.6 Å². The van der Waals surface area contributed by atoms with Crippen molar-refractivity contribution in [1.29, 1.82) is 0 Å². The van der Waals surface area contributed by atoms with Gasteiger partial charge in [0.05, 0.1) is 11.8 Å². The van der Waals surface area contributed by atoms with Crippen molar-refractivity contribution in [2.75, 3.05) is 13.2 Å². The minimum atomic E-state index is -1.82. The first-order valence-corrected chi connectivity index (χ1v) is 8.94. The average molecular weight is 392 g/mol. The molecule has 9 heteroatoms. The summed E-state index contributed by atoms with van der Waals surface area (Å²) < 4.78 is 7.41. The zero-order valence-electron chi connectivity index (χ0n) is 16.1. The maximum atomic E-state index is 9.10. The fourth-order valence-electron chi connectivity index (χ4n) is 1.99. The molecular formula is C17H30ClN3O5. The second-order valence-corrected chi connectivity index (χ2v) is 6.85. The fraction of sp³-hybridized carbons (Fsp3) is 0.706. The molecule has 150 valence electrons. The Bertz CT molecular complexity index is 561. The number of nitrogens with one attached hydrogen (secondary N) is 1. The summed E-state index contributed by atoms with van der Waals surface area (Å²) in [6.45, 7) is 13.8. The smallest absolute Gasteiger partial charge is 0.414 e. The van der Waals surface area contributed by atoms with Crippen LogP contribution in [0.15, 0.2) is 0 Å². The van der Waals surface area contributed by atoms with E-state index in [1.807, 2.05) is 11.6 Å². The van der Waals surface area contributed by atoms with Gasteiger partial charge in [0.2, 0.25) is 0 Å². The first-order chi connectivity index (χ1) is 12.1. The van der Waals surface area contributed by atoms with Gasteiger partial charge in [0, 0.05) is 25.3 Å². The average Bonchev–Trinajstić information content (AvgIpc) is 2.77. The molecule has 1 heterocycles. The molecule has 0 bridgehead atoms. The quantitative estimate of drug-likeness (QED) is 0.437. The van der Waals surface area contributed by atoms with Crippen molar-refractivity contribution >= 4 is 23.5 Å². The van der Waals surface area contributed by atoms with Gasteiger partial charge < -0.3 is 20.3 Å². The number of hydrogen-bond acceptors (Lipinski definition) is 5. The van der Waals surface area contributed by atoms with E-state index in [-0.39, 0.29) is 0 Å². The summed E-state index contributed by atoms with van der Waals surface area (Å²) >= 11 is 6.39. The first-order valence-electron chi connectivity index (χ1n) is 8.56. The number of rotatable bonds is 9. The lowest BCUT2D eigenvalue weighted by atomic mass is 10.2. The third-order valence-corrected chi connectivity index (χ3v) is 3.58. The van der Waals surface area contributed by atoms with Gasteiger partial charge >= 0.3 is 11.9 Å². The number of aromatic nitrogens is 2. The molecular weight excluding hydrogens is 362 g/mol. The van der Waals surface area contributed by atoms with Crippen LogP contribution in [0.4, 0.5) is 0 Å². The van der Waals surface area contributed by atoms with E-state index in [2.05, 4.69) is 38.1 Å². The van der Waals surface area contributed by atoms with Gasteiger partial charge in [-0.3, -0.25) is 4.68 Å². The Hall–Kier alpha value is -1.64. The van der Waals surface area contributed by atoms with E-state index < -0.39 is 11.9 Å². The largest absolute Gasteiger partial charge is 0.473 e. The molecule has 1 rings (SSSR count). The minimum Gasteiger partial charge on any atom is -0.473 e. The zero-order valence-corrected chi connectivity index (χ0v) is 16.8. The van der Waals surface area contributed by atoms with Crippen LogP contribution in [0.5, 0.6) is 0 Å². The van der Waals surface area contributed by atoms with Crippen molar-refractivity contribution in [2.45, 2.75) is 60.2 Å². The highest BCUT2D eigenvalue weighted by molar-refractivity contribution is 6.30. The van der Waals surface area contributed by atoms with Crippen LogP contribution in [0.25, 0.3) is 0 Å². The SMILES string of the molecule is Cc1nn(CC(C)C)c(Cl)c1CNCCCOC(C)C.O=C(O)C(=O)O. The van der Waals surface area contributed by atoms with Crippen molar-refractivity contribution in [3.8, 4) is 0 Å². The third-order valence-electron chi connectivity index (χ3n) is 3.15. The van der Waals surface area contributed by atoms with Gasteiger partial charge in [-0.05, 0) is 39.7 Å². The van der Waals surface area contributed by atoms with Gasteiger partial charge in [0.25, 0.3) is 0 Å². The highest BCUT2D eigenvalue weighted by Crippen LogP contribution is 2.20. The molecule has 0 saturated carbocycles. The Morgan fingerprint density at radius 2 is 1.81 bits per heavy atom. The molecule has 0 aromatic carbocycles. The predicted octanol–water partition coefficient (Wildman–Crippen LogP) is 2.56. The molecule has 1 aromatic rings. The molecule has 0 spiro atoms. The molecule has 0 atom stereocenters. The highest BCUT2D eigenvalue weighted by atomic mass is 35.5. The van der Waals surface area contributed by atoms with Crippen LogP contribution in [-0.4, -0.2) is 51.2 Å². The van der Waals surface area contributed by atoms with Gasteiger partial charge in [0.15, 0.2) is 0 Å². The lowest BCUT2D eigenvalue weighted by Gasteiger charge is -2.08. The topological polar surface area (TPSA) is 114 Å². The van der Waals surface area contributed by atoms with E-state index in [0.29, 0.717) is 12.0 Å². The number of aliphatic carboxylic acids is 2. The number of nitrogens with zero attached hydrogens (tertiary/aromatic N) is 2. The summed E-state index contributed by atoms with van der Waals surface area (Å²) in [4.78, 5) is 18.2. The normalized spacial score (nSPS) is 10.8. The van der Waals surface area contributed by atoms with E-state index in [0.717, 1.165) is 49.1 Å². The van der Waals surface area contributed by atoms with Crippen LogP contribution < -0.4 is 5.32 Å². The van der Waals surface area contributed by atoms with Crippen molar-refractivity contribution in [2.24, 2.45) is 5.92 Å². The Labute approximate surface area is 159 Å². The second-order valence-electron chi connectivity index (χ2n) is 6.49. The summed E-state index contributed by atoms with van der Waals surface area (Å²) in [5, 5.41) is 23.5. The zero-order chi connectivity index (χ0) is 20.3. The number of carbonyl (C=O) groups is 2. The molecule has 0 saturated heterocycles. The summed E-state index contributed by atoms with van der Waals surface area (Å²) in [6, 6.07) is 0. The lowest BCUT2D eigenvalue weighted by molar-refractivity contribution is -0.159. The Balaban J connectivity index is 0.000000896. The highest BCUT2D eigenvalue weighted by Gasteiger charge is 2.13. The van der Waals surface area contributed by atoms with Crippen molar-refractivity contribution < 1.29 is 24.5 Å². The molecule has 0 aliphatic rings. The van der Waals surface area contributed by atoms with Gasteiger partial charge in [-0.25, -0.2) is 9.59 Å². The van der Waals surface area contributed by atoms with Crippen LogP contribution in [0, 0.1) is 12.8 Å². The van der Waals surface area contributed by atoms with Crippen molar-refractivity contribution in [3.05, 3.63) is 16.4 Å². The van der Waals surface area contributed by atoms with E-state index in [1.165, 1.54) is 0 Å². The monoisotopic (exact) mass is 391 g/mol. The number of hydrogen-bond donors (Lipinski definition) is 3. The third kappa shape index (κ3) is 10.4. The standard InChI is InChI=1S/C15H28ClN3O.C2H2O4/c1-11(2)10-19-15(16)14(13(5)18-19)9-17-7-6-8-20-12(3)4;3-1(4)2(5)6/h11-12,17H,6-10H2,1-5H3;(H,3,4)(H,5,6). The summed E-state index contributed by atoms with van der Waals surface area (Å²) in [5.74, 6) is -3.11. The molecule has 0 amide bonds. The number of halogens is 1. The molecule has 3 N–H and O–H groups in total. The molecule has 0 fully saturated rings. The summed E-state index contributed by atoms with van der Waals surface area (Å²) in [5.41, 5.74) is 2.12. The van der Waals surface area contributed by atoms with E-state index in [9.17, 15) is 0 Å². The molecule has 0 aliphatic heterocycles. The Morgan fingerprint density at radius 3 is 2.27 bits per heavy atom. The van der Waals surface area contributed by atoms with E-state index >= 15 is 0 Å². The van der Waals surface area contributed by atoms with E-state index in [1.54, 1.807) is 0 Å². The maximum Gasteiger partial charge on any atom is 0.414 e. The fourth-order valence-corrected chi connectivity index (χ4v) is 2.30. The van der Waals surface area contributed by atoms with Crippen molar-refractivity contribution in [1.82, 2.24) is 15.1 Å². The molecule has 1 aromatic heterocycles. The molecule has 0 radical (unpaired) electrons. The first kappa shape index (κ1) is 24.4. The molecule has 26 heavy (non-hydrogen) atoms. The maximum absolute atomic E-state index is 9.10. The van der Waals surface area contributed by atoms with Crippen LogP contribution in [0.2, 0.25) is 5.15 Å². The summed E-state index contributed by atoms with van der Waals surface area (Å²) in [6.07, 6.45) is 1.32. The second kappa shape index (κ2) is 12.7. The van der Waals surface area contributed by atoms with Crippen molar-refractivity contribution in [3.63, 3.8) is 0 Å². The van der Waals surface area contributed by atoms with E-state index in [4.69, 9.17) is 36.1 Å². The number of carboxylic acids is 2. The van der Waals surface area contributed by atoms with Crippen LogP contribution in [0.1, 0.15) is 45.4 Å². The molecule has 0 aliphatic carbocycles. The van der Waals surface area contributed by atoms with Gasteiger partial charge in [0.1, 0.15) is 5.15 Å². The van der Waals surface area contributed by atoms with Gasteiger partial charge in [-0.2, -0.15) is 5.10 Å². The Kier molecular flexibility index (Phi) is 11.9. The Morgan fingerprint density at radius 1 is 1.23 bits per heavy atom. The number of carboxylic acid groups (broad SMARTS) is 2. The van der Waals surface area contributed by atoms with Crippen LogP contribution in [0.3, 0.4) is 0 Å². The summed E-state index contributed by atoms with van der Waals surface area (Å²) in [7, 11) is 0. The van der Waals surface area contributed by atoms with Gasteiger partial charge in [-0.1, -0.05) is 25.4 Å². The number of aryl methyl sites for hydroxylation is 1. The molecule has 8 nitrogen and oxygen atoms in total. The molecule has 0 unspecified atom stereocenters.